The van der Waals surface area contributed by atoms with Crippen LogP contribution in [-0.2, 0) is 0 Å². The Labute approximate surface area is 367 Å². The molecule has 4 heteroatoms. The monoisotopic (exact) mass is 820 g/mol. The van der Waals surface area contributed by atoms with Crippen LogP contribution in [0.1, 0.15) is 0 Å². The molecule has 0 aliphatic carbocycles. The standard InChI is InChI=1S/C59H36N2OS/c1-4-13-39(14-5-1)50-35-43(36-51(60-50)40-15-6-2-7-16-40)37-23-25-38(26-24-37)45-20-12-21-55-57(45)49-34-42(28-32-54(49)62-55)41-27-30-52-48(33-41)58-53(61(52)44-17-8-3-9-18-44)31-29-47-46-19-10-11-22-56(46)63-59(47)58/h1-36H. The normalized spacial score (nSPS) is 11.8. The first kappa shape index (κ1) is 35.7. The molecule has 13 aromatic rings. The number of rotatable bonds is 6. The lowest BCUT2D eigenvalue weighted by Crippen LogP contribution is -1.92. The lowest BCUT2D eigenvalue weighted by atomic mass is 9.95. The molecule has 9 aromatic carbocycles. The summed E-state index contributed by atoms with van der Waals surface area (Å²) in [5.41, 5.74) is 16.3. The largest absolute Gasteiger partial charge is 0.456 e. The second-order valence-corrected chi connectivity index (χ2v) is 17.3. The van der Waals surface area contributed by atoms with Crippen LogP contribution in [0.2, 0.25) is 0 Å². The minimum atomic E-state index is 0.880. The fourth-order valence-corrected chi connectivity index (χ4v) is 10.9. The summed E-state index contributed by atoms with van der Waals surface area (Å²) in [4.78, 5) is 5.10. The molecule has 63 heavy (non-hydrogen) atoms. The van der Waals surface area contributed by atoms with E-state index < -0.39 is 0 Å². The summed E-state index contributed by atoms with van der Waals surface area (Å²) in [6, 6.07) is 78.3. The number of pyridine rings is 1. The van der Waals surface area contributed by atoms with Crippen LogP contribution in [0.3, 0.4) is 0 Å². The van der Waals surface area contributed by atoms with Crippen molar-refractivity contribution in [3.63, 3.8) is 0 Å². The smallest absolute Gasteiger partial charge is 0.136 e. The zero-order chi connectivity index (χ0) is 41.4. The number of nitrogens with zero attached hydrogens (tertiary/aromatic N) is 2. The van der Waals surface area contributed by atoms with Gasteiger partial charge in [0, 0.05) is 58.5 Å². The summed E-state index contributed by atoms with van der Waals surface area (Å²) < 4.78 is 11.6. The van der Waals surface area contributed by atoms with E-state index in [0.717, 1.165) is 78.0 Å². The molecule has 0 amide bonds. The van der Waals surface area contributed by atoms with Gasteiger partial charge >= 0.3 is 0 Å². The van der Waals surface area contributed by atoms with Gasteiger partial charge in [0.15, 0.2) is 0 Å². The molecule has 0 unspecified atom stereocenters. The van der Waals surface area contributed by atoms with Gasteiger partial charge in [-0.05, 0) is 100 Å². The van der Waals surface area contributed by atoms with Crippen molar-refractivity contribution < 1.29 is 4.42 Å². The molecule has 0 atom stereocenters. The number of benzene rings is 9. The molecule has 3 nitrogen and oxygen atoms in total. The molecule has 0 aliphatic heterocycles. The lowest BCUT2D eigenvalue weighted by Gasteiger charge is -2.11. The maximum Gasteiger partial charge on any atom is 0.136 e. The molecule has 0 fully saturated rings. The minimum absolute atomic E-state index is 0.880. The second-order valence-electron chi connectivity index (χ2n) is 16.3. The summed E-state index contributed by atoms with van der Waals surface area (Å²) in [6.07, 6.45) is 0. The van der Waals surface area contributed by atoms with E-state index >= 15 is 0 Å². The number of hydrogen-bond donors (Lipinski definition) is 0. The van der Waals surface area contributed by atoms with E-state index in [4.69, 9.17) is 9.40 Å². The Hall–Kier alpha value is -8.05. The van der Waals surface area contributed by atoms with Crippen LogP contribution in [0.5, 0.6) is 0 Å². The quantitative estimate of drug-likeness (QED) is 0.167. The molecule has 0 spiro atoms. The van der Waals surface area contributed by atoms with Crippen LogP contribution in [0.4, 0.5) is 0 Å². The molecule has 13 rings (SSSR count). The maximum absolute atomic E-state index is 6.56. The topological polar surface area (TPSA) is 31.0 Å². The molecule has 0 saturated carbocycles. The van der Waals surface area contributed by atoms with Crippen molar-refractivity contribution in [3.05, 3.63) is 218 Å². The number of para-hydroxylation sites is 1. The molecule has 0 saturated heterocycles. The number of thiophene rings is 1. The Morgan fingerprint density at radius 3 is 1.73 bits per heavy atom. The van der Waals surface area contributed by atoms with E-state index in [1.165, 1.54) is 47.5 Å². The SMILES string of the molecule is c1ccc(-c2cc(-c3ccc(-c4cccc5oc6ccc(-c7ccc8c(c7)c7c9sc%10ccccc%10c9ccc7n8-c7ccccc7)cc6c45)cc3)cc(-c3ccccc3)n2)cc1. The highest BCUT2D eigenvalue weighted by molar-refractivity contribution is 7.26. The van der Waals surface area contributed by atoms with E-state index in [0.29, 0.717) is 0 Å². The van der Waals surface area contributed by atoms with Gasteiger partial charge in [0.25, 0.3) is 0 Å². The van der Waals surface area contributed by atoms with Crippen LogP contribution in [0.15, 0.2) is 223 Å². The first-order valence-electron chi connectivity index (χ1n) is 21.4. The molecule has 294 valence electrons. The molecule has 4 heterocycles. The third-order valence-corrected chi connectivity index (χ3v) is 13.8. The second kappa shape index (κ2) is 14.3. The number of hydrogen-bond acceptors (Lipinski definition) is 3. The highest BCUT2D eigenvalue weighted by Crippen LogP contribution is 2.45. The van der Waals surface area contributed by atoms with Gasteiger partial charge in [0.2, 0.25) is 0 Å². The number of aromatic nitrogens is 2. The molecule has 4 aromatic heterocycles. The van der Waals surface area contributed by atoms with Gasteiger partial charge < -0.3 is 8.98 Å². The minimum Gasteiger partial charge on any atom is -0.456 e. The van der Waals surface area contributed by atoms with Crippen molar-refractivity contribution in [3.8, 4) is 61.6 Å². The van der Waals surface area contributed by atoms with Crippen molar-refractivity contribution in [1.29, 1.82) is 0 Å². The first-order chi connectivity index (χ1) is 31.2. The Kier molecular flexibility index (Phi) is 8.08. The van der Waals surface area contributed by atoms with Crippen LogP contribution >= 0.6 is 11.3 Å². The Morgan fingerprint density at radius 1 is 0.365 bits per heavy atom. The van der Waals surface area contributed by atoms with E-state index in [1.54, 1.807) is 0 Å². The van der Waals surface area contributed by atoms with E-state index in [1.807, 2.05) is 23.5 Å². The van der Waals surface area contributed by atoms with Crippen LogP contribution in [0.25, 0.3) is 125 Å². The maximum atomic E-state index is 6.56. The van der Waals surface area contributed by atoms with Crippen molar-refractivity contribution in [2.24, 2.45) is 0 Å². The predicted octanol–water partition coefficient (Wildman–Crippen LogP) is 16.8. The predicted molar refractivity (Wildman–Crippen MR) is 266 cm³/mol. The zero-order valence-electron chi connectivity index (χ0n) is 34.0. The van der Waals surface area contributed by atoms with E-state index in [2.05, 4.69) is 211 Å². The van der Waals surface area contributed by atoms with Crippen molar-refractivity contribution in [2.75, 3.05) is 0 Å². The first-order valence-corrected chi connectivity index (χ1v) is 22.2. The van der Waals surface area contributed by atoms with Gasteiger partial charge in [-0.25, -0.2) is 4.98 Å². The van der Waals surface area contributed by atoms with Gasteiger partial charge in [-0.2, -0.15) is 0 Å². The van der Waals surface area contributed by atoms with E-state index in [-0.39, 0.29) is 0 Å². The van der Waals surface area contributed by atoms with Gasteiger partial charge in [-0.1, -0.05) is 152 Å². The Morgan fingerprint density at radius 2 is 0.984 bits per heavy atom. The van der Waals surface area contributed by atoms with Gasteiger partial charge in [-0.3, -0.25) is 0 Å². The summed E-state index contributed by atoms with van der Waals surface area (Å²) in [5.74, 6) is 0. The molecule has 0 bridgehead atoms. The molecule has 0 aliphatic rings. The highest BCUT2D eigenvalue weighted by Gasteiger charge is 2.20. The molecule has 0 N–H and O–H groups in total. The average molecular weight is 821 g/mol. The Balaban J connectivity index is 0.937. The third kappa shape index (κ3) is 5.84. The fraction of sp³-hybridized carbons (Fsp3) is 0. The molecular weight excluding hydrogens is 785 g/mol. The van der Waals surface area contributed by atoms with Gasteiger partial charge in [0.1, 0.15) is 11.2 Å². The highest BCUT2D eigenvalue weighted by atomic mass is 32.1. The fourth-order valence-electron chi connectivity index (χ4n) is 9.62. The molecular formula is C59H36N2OS. The van der Waals surface area contributed by atoms with Crippen molar-refractivity contribution >= 4 is 75.3 Å². The average Bonchev–Trinajstić information content (AvgIpc) is 4.04. The Bertz CT molecular complexity index is 3820. The molecule has 0 radical (unpaired) electrons. The van der Waals surface area contributed by atoms with Crippen molar-refractivity contribution in [2.45, 2.75) is 0 Å². The van der Waals surface area contributed by atoms with Crippen LogP contribution in [0, 0.1) is 0 Å². The van der Waals surface area contributed by atoms with E-state index in [9.17, 15) is 0 Å². The summed E-state index contributed by atoms with van der Waals surface area (Å²) in [5, 5.41) is 7.40. The van der Waals surface area contributed by atoms with Gasteiger partial charge in [-0.15, -0.1) is 11.3 Å². The summed E-state index contributed by atoms with van der Waals surface area (Å²) in [7, 11) is 0. The van der Waals surface area contributed by atoms with Gasteiger partial charge in [0.05, 0.1) is 22.4 Å². The van der Waals surface area contributed by atoms with Crippen LogP contribution < -0.4 is 0 Å². The van der Waals surface area contributed by atoms with Crippen molar-refractivity contribution in [1.82, 2.24) is 9.55 Å². The number of furan rings is 1. The lowest BCUT2D eigenvalue weighted by molar-refractivity contribution is 0.669. The summed E-state index contributed by atoms with van der Waals surface area (Å²) >= 11 is 1.89. The number of fused-ring (bicyclic) bond motifs is 10. The third-order valence-electron chi connectivity index (χ3n) is 12.6. The van der Waals surface area contributed by atoms with Crippen LogP contribution in [-0.4, -0.2) is 9.55 Å². The summed E-state index contributed by atoms with van der Waals surface area (Å²) in [6.45, 7) is 0. The zero-order valence-corrected chi connectivity index (χ0v) is 34.8.